The van der Waals surface area contributed by atoms with Crippen molar-refractivity contribution in [1.29, 1.82) is 0 Å². The quantitative estimate of drug-likeness (QED) is 0.798. The van der Waals surface area contributed by atoms with E-state index in [-0.39, 0.29) is 6.10 Å². The second-order valence-electron chi connectivity index (χ2n) is 5.49. The van der Waals surface area contributed by atoms with Crippen LogP contribution in [0.5, 0.6) is 0 Å². The fraction of sp³-hybridized carbons (Fsp3) is 1.00. The van der Waals surface area contributed by atoms with Gasteiger partial charge in [-0.2, -0.15) is 0 Å². The van der Waals surface area contributed by atoms with Crippen LogP contribution in [-0.4, -0.2) is 47.4 Å². The van der Waals surface area contributed by atoms with Crippen molar-refractivity contribution in [2.24, 2.45) is 0 Å². The summed E-state index contributed by atoms with van der Waals surface area (Å²) in [6.45, 7) is 6.40. The summed E-state index contributed by atoms with van der Waals surface area (Å²) in [6.07, 6.45) is 6.31. The highest BCUT2D eigenvalue weighted by atomic mass is 16.5. The zero-order chi connectivity index (χ0) is 11.5. The fourth-order valence-corrected chi connectivity index (χ4v) is 3.08. The number of hydrogen-bond donors (Lipinski definition) is 1. The summed E-state index contributed by atoms with van der Waals surface area (Å²) in [5.41, 5.74) is 0. The summed E-state index contributed by atoms with van der Waals surface area (Å²) in [5.74, 6) is 0. The highest BCUT2D eigenvalue weighted by molar-refractivity contribution is 4.87. The Morgan fingerprint density at radius 2 is 1.81 bits per heavy atom. The Hall–Kier alpha value is -0.120. The van der Waals surface area contributed by atoms with Crippen LogP contribution in [0, 0.1) is 0 Å². The maximum atomic E-state index is 9.88. The van der Waals surface area contributed by atoms with Crippen LogP contribution in [-0.2, 0) is 4.74 Å². The lowest BCUT2D eigenvalue weighted by atomic mass is 10.0. The number of hydrogen-bond acceptors (Lipinski definition) is 3. The molecule has 0 aromatic heterocycles. The van der Waals surface area contributed by atoms with E-state index in [1.54, 1.807) is 0 Å². The second-order valence-corrected chi connectivity index (χ2v) is 5.49. The average molecular weight is 227 g/mol. The van der Waals surface area contributed by atoms with Crippen LogP contribution in [0.25, 0.3) is 0 Å². The molecule has 1 saturated carbocycles. The van der Waals surface area contributed by atoms with Crippen LogP contribution in [0.2, 0.25) is 0 Å². The predicted molar refractivity (Wildman–Crippen MR) is 64.5 cm³/mol. The van der Waals surface area contributed by atoms with Gasteiger partial charge in [0.1, 0.15) is 0 Å². The third kappa shape index (κ3) is 2.96. The molecule has 16 heavy (non-hydrogen) atoms. The first-order chi connectivity index (χ1) is 7.66. The van der Waals surface area contributed by atoms with Crippen LogP contribution < -0.4 is 0 Å². The number of aliphatic hydroxyl groups excluding tert-OH is 1. The lowest BCUT2D eigenvalue weighted by Crippen LogP contribution is -2.46. The van der Waals surface area contributed by atoms with E-state index in [0.29, 0.717) is 18.2 Å². The Morgan fingerprint density at radius 1 is 1.12 bits per heavy atom. The molecule has 0 bridgehead atoms. The van der Waals surface area contributed by atoms with Crippen LogP contribution in [0.1, 0.15) is 46.0 Å². The van der Waals surface area contributed by atoms with Crippen LogP contribution in [0.4, 0.5) is 0 Å². The highest BCUT2D eigenvalue weighted by Gasteiger charge is 2.33. The van der Waals surface area contributed by atoms with Crippen molar-refractivity contribution in [1.82, 2.24) is 4.90 Å². The van der Waals surface area contributed by atoms with Gasteiger partial charge in [0.25, 0.3) is 0 Å². The molecule has 0 aromatic rings. The maximum absolute atomic E-state index is 9.88. The Balaban J connectivity index is 1.76. The SMILES string of the molecule is CC(C)OC1CCN([C@@H]2CCC[C@H]2O)CC1. The van der Waals surface area contributed by atoms with Gasteiger partial charge in [-0.25, -0.2) is 0 Å². The molecule has 2 fully saturated rings. The number of likely N-dealkylation sites (tertiary alicyclic amines) is 1. The van der Waals surface area contributed by atoms with Gasteiger partial charge in [-0.15, -0.1) is 0 Å². The normalized spacial score (nSPS) is 33.8. The third-order valence-corrected chi connectivity index (χ3v) is 3.85. The molecule has 1 aliphatic carbocycles. The first-order valence-electron chi connectivity index (χ1n) is 6.74. The van der Waals surface area contributed by atoms with Gasteiger partial charge in [-0.1, -0.05) is 0 Å². The van der Waals surface area contributed by atoms with Crippen LogP contribution >= 0.6 is 0 Å². The van der Waals surface area contributed by atoms with Crippen molar-refractivity contribution >= 4 is 0 Å². The predicted octanol–water partition coefficient (Wildman–Crippen LogP) is 1.79. The van der Waals surface area contributed by atoms with Crippen molar-refractivity contribution in [3.05, 3.63) is 0 Å². The van der Waals surface area contributed by atoms with Crippen molar-refractivity contribution in [3.8, 4) is 0 Å². The molecule has 1 N–H and O–H groups in total. The first-order valence-corrected chi connectivity index (χ1v) is 6.74. The number of piperidine rings is 1. The van der Waals surface area contributed by atoms with Gasteiger partial charge in [-0.3, -0.25) is 4.90 Å². The number of ether oxygens (including phenoxy) is 1. The molecule has 3 heteroatoms. The molecule has 94 valence electrons. The third-order valence-electron chi connectivity index (χ3n) is 3.85. The molecule has 1 saturated heterocycles. The molecule has 0 amide bonds. The summed E-state index contributed by atoms with van der Waals surface area (Å²) in [5, 5.41) is 9.88. The van der Waals surface area contributed by atoms with E-state index in [1.807, 2.05) is 0 Å². The van der Waals surface area contributed by atoms with Gasteiger partial charge in [0.15, 0.2) is 0 Å². The Kier molecular flexibility index (Phi) is 4.22. The minimum atomic E-state index is -0.0810. The molecule has 2 rings (SSSR count). The van der Waals surface area contributed by atoms with E-state index in [9.17, 15) is 5.11 Å². The van der Waals surface area contributed by atoms with Crippen LogP contribution in [0.3, 0.4) is 0 Å². The van der Waals surface area contributed by atoms with Gasteiger partial charge >= 0.3 is 0 Å². The Morgan fingerprint density at radius 3 is 2.31 bits per heavy atom. The van der Waals surface area contributed by atoms with Crippen molar-refractivity contribution in [2.45, 2.75) is 70.3 Å². The summed E-state index contributed by atoms with van der Waals surface area (Å²) in [4.78, 5) is 2.47. The molecular formula is C13H25NO2. The molecule has 0 radical (unpaired) electrons. The Labute approximate surface area is 98.8 Å². The molecule has 2 aliphatic rings. The molecular weight excluding hydrogens is 202 g/mol. The van der Waals surface area contributed by atoms with E-state index < -0.39 is 0 Å². The van der Waals surface area contributed by atoms with Crippen LogP contribution in [0.15, 0.2) is 0 Å². The zero-order valence-electron chi connectivity index (χ0n) is 10.6. The number of nitrogens with zero attached hydrogens (tertiary/aromatic N) is 1. The number of aliphatic hydroxyl groups is 1. The summed E-state index contributed by atoms with van der Waals surface area (Å²) in [6, 6.07) is 0.431. The Bertz CT molecular complexity index is 212. The second kappa shape index (κ2) is 5.48. The largest absolute Gasteiger partial charge is 0.391 e. The lowest BCUT2D eigenvalue weighted by Gasteiger charge is -2.37. The van der Waals surface area contributed by atoms with Crippen molar-refractivity contribution in [3.63, 3.8) is 0 Å². The molecule has 2 atom stereocenters. The van der Waals surface area contributed by atoms with E-state index in [4.69, 9.17) is 4.74 Å². The topological polar surface area (TPSA) is 32.7 Å². The minimum Gasteiger partial charge on any atom is -0.391 e. The monoisotopic (exact) mass is 227 g/mol. The smallest absolute Gasteiger partial charge is 0.0695 e. The van der Waals surface area contributed by atoms with E-state index in [0.717, 1.165) is 32.4 Å². The van der Waals surface area contributed by atoms with E-state index in [1.165, 1.54) is 12.8 Å². The van der Waals surface area contributed by atoms with E-state index >= 15 is 0 Å². The lowest BCUT2D eigenvalue weighted by molar-refractivity contribution is -0.0419. The van der Waals surface area contributed by atoms with Gasteiger partial charge in [0, 0.05) is 19.1 Å². The highest BCUT2D eigenvalue weighted by Crippen LogP contribution is 2.27. The molecule has 3 nitrogen and oxygen atoms in total. The van der Waals surface area contributed by atoms with Gasteiger partial charge in [0.05, 0.1) is 18.3 Å². The van der Waals surface area contributed by atoms with Gasteiger partial charge < -0.3 is 9.84 Å². The summed E-state index contributed by atoms with van der Waals surface area (Å²) in [7, 11) is 0. The zero-order valence-corrected chi connectivity index (χ0v) is 10.6. The van der Waals surface area contributed by atoms with Gasteiger partial charge in [-0.05, 0) is 46.0 Å². The maximum Gasteiger partial charge on any atom is 0.0695 e. The molecule has 0 unspecified atom stereocenters. The molecule has 1 heterocycles. The summed E-state index contributed by atoms with van der Waals surface area (Å²) >= 11 is 0. The molecule has 1 aliphatic heterocycles. The first kappa shape index (κ1) is 12.3. The van der Waals surface area contributed by atoms with E-state index in [2.05, 4.69) is 18.7 Å². The average Bonchev–Trinajstić information content (AvgIpc) is 2.65. The number of rotatable bonds is 3. The summed E-state index contributed by atoms with van der Waals surface area (Å²) < 4.78 is 5.84. The molecule has 0 spiro atoms. The fourth-order valence-electron chi connectivity index (χ4n) is 3.08. The van der Waals surface area contributed by atoms with Crippen molar-refractivity contribution in [2.75, 3.05) is 13.1 Å². The van der Waals surface area contributed by atoms with Crippen molar-refractivity contribution < 1.29 is 9.84 Å². The minimum absolute atomic E-state index is 0.0810. The molecule has 0 aromatic carbocycles. The van der Waals surface area contributed by atoms with Gasteiger partial charge in [0.2, 0.25) is 0 Å². The standard InChI is InChI=1S/C13H25NO2/c1-10(2)16-11-6-8-14(9-7-11)12-4-3-5-13(12)15/h10-13,15H,3-9H2,1-2H3/t12-,13-/m1/s1.